The van der Waals surface area contributed by atoms with Gasteiger partial charge in [0.25, 0.3) is 5.56 Å². The van der Waals surface area contributed by atoms with Crippen LogP contribution in [0.15, 0.2) is 9.59 Å². The number of hydrogen-bond donors (Lipinski definition) is 2. The molecule has 1 aliphatic rings. The molecule has 2 aromatic rings. The van der Waals surface area contributed by atoms with E-state index in [1.807, 2.05) is 0 Å². The van der Waals surface area contributed by atoms with Gasteiger partial charge in [0.05, 0.1) is 5.39 Å². The number of aromatic nitrogens is 2. The Balaban J connectivity index is 2.16. The lowest BCUT2D eigenvalue weighted by atomic mass is 9.72. The molecule has 4 nitrogen and oxygen atoms in total. The highest BCUT2D eigenvalue weighted by Gasteiger charge is 2.31. The zero-order valence-electron chi connectivity index (χ0n) is 11.4. The number of aryl methyl sites for hydroxylation is 1. The second-order valence-corrected chi connectivity index (χ2v) is 7.53. The van der Waals surface area contributed by atoms with Crippen LogP contribution in [0.4, 0.5) is 0 Å². The molecule has 0 fully saturated rings. The minimum absolute atomic E-state index is 0.245. The van der Waals surface area contributed by atoms with Crippen molar-refractivity contribution < 1.29 is 0 Å². The predicted octanol–water partition coefficient (Wildman–Crippen LogP) is 2.43. The average molecular weight is 278 g/mol. The molecule has 0 aliphatic heterocycles. The van der Waals surface area contributed by atoms with Crippen molar-refractivity contribution in [2.45, 2.75) is 40.0 Å². The van der Waals surface area contributed by atoms with Crippen LogP contribution in [0.1, 0.15) is 37.6 Å². The molecular weight excluding hydrogens is 260 g/mol. The Kier molecular flexibility index (Phi) is 2.71. The first-order valence-corrected chi connectivity index (χ1v) is 7.45. The monoisotopic (exact) mass is 278 g/mol. The lowest BCUT2D eigenvalue weighted by Crippen LogP contribution is -2.27. The number of aromatic amines is 2. The van der Waals surface area contributed by atoms with Crippen molar-refractivity contribution in [2.24, 2.45) is 11.3 Å². The van der Waals surface area contributed by atoms with Gasteiger partial charge in [0, 0.05) is 4.88 Å². The van der Waals surface area contributed by atoms with E-state index in [9.17, 15) is 9.59 Å². The quantitative estimate of drug-likeness (QED) is 0.777. The molecule has 0 aromatic carbocycles. The Morgan fingerprint density at radius 3 is 2.63 bits per heavy atom. The first-order valence-electron chi connectivity index (χ1n) is 6.63. The second kappa shape index (κ2) is 4.07. The van der Waals surface area contributed by atoms with Crippen molar-refractivity contribution in [3.63, 3.8) is 0 Å². The van der Waals surface area contributed by atoms with E-state index in [4.69, 9.17) is 0 Å². The maximum absolute atomic E-state index is 11.9. The summed E-state index contributed by atoms with van der Waals surface area (Å²) in [6.45, 7) is 6.81. The van der Waals surface area contributed by atoms with Crippen LogP contribution >= 0.6 is 11.3 Å². The molecule has 2 heterocycles. The first kappa shape index (κ1) is 12.7. The van der Waals surface area contributed by atoms with Crippen molar-refractivity contribution in [3.8, 4) is 0 Å². The Hall–Kier alpha value is -1.36. The normalized spacial score (nSPS) is 19.6. The van der Waals surface area contributed by atoms with Crippen LogP contribution in [0, 0.1) is 11.3 Å². The number of nitrogens with one attached hydrogen (secondary N) is 2. The van der Waals surface area contributed by atoms with Crippen LogP contribution in [-0.4, -0.2) is 9.97 Å². The molecule has 0 radical (unpaired) electrons. The smallest absolute Gasteiger partial charge is 0.298 e. The van der Waals surface area contributed by atoms with Gasteiger partial charge in [-0.15, -0.1) is 11.3 Å². The number of rotatable bonds is 0. The zero-order chi connectivity index (χ0) is 13.8. The van der Waals surface area contributed by atoms with Crippen molar-refractivity contribution >= 4 is 21.6 Å². The van der Waals surface area contributed by atoms with Crippen LogP contribution in [-0.2, 0) is 12.8 Å². The summed E-state index contributed by atoms with van der Waals surface area (Å²) >= 11 is 1.57. The highest BCUT2D eigenvalue weighted by Crippen LogP contribution is 2.41. The molecule has 102 valence electrons. The maximum atomic E-state index is 11.9. The average Bonchev–Trinajstić information content (AvgIpc) is 2.64. The maximum Gasteiger partial charge on any atom is 0.326 e. The van der Waals surface area contributed by atoms with Gasteiger partial charge in [0.1, 0.15) is 4.83 Å². The summed E-state index contributed by atoms with van der Waals surface area (Å²) in [6.07, 6.45) is 3.06. The van der Waals surface area contributed by atoms with Gasteiger partial charge in [0.2, 0.25) is 0 Å². The van der Waals surface area contributed by atoms with E-state index >= 15 is 0 Å². The molecule has 2 aromatic heterocycles. The molecule has 19 heavy (non-hydrogen) atoms. The van der Waals surface area contributed by atoms with E-state index in [2.05, 4.69) is 30.7 Å². The SMILES string of the molecule is CC(C)(C)[C@@H]1CCc2c(sc3[nH]c(=O)[nH]c(=O)c23)C1. The molecule has 2 N–H and O–H groups in total. The summed E-state index contributed by atoms with van der Waals surface area (Å²) in [5.74, 6) is 0.638. The summed E-state index contributed by atoms with van der Waals surface area (Å²) in [5, 5.41) is 0.701. The topological polar surface area (TPSA) is 65.7 Å². The third kappa shape index (κ3) is 2.06. The molecule has 0 unspecified atom stereocenters. The summed E-state index contributed by atoms with van der Waals surface area (Å²) in [4.78, 5) is 30.4. The van der Waals surface area contributed by atoms with Gasteiger partial charge in [-0.2, -0.15) is 0 Å². The van der Waals surface area contributed by atoms with Crippen LogP contribution in [0.2, 0.25) is 0 Å². The molecule has 0 bridgehead atoms. The number of fused-ring (bicyclic) bond motifs is 3. The van der Waals surface area contributed by atoms with Crippen molar-refractivity contribution in [3.05, 3.63) is 31.3 Å². The fourth-order valence-corrected chi connectivity index (χ4v) is 4.27. The van der Waals surface area contributed by atoms with Crippen LogP contribution < -0.4 is 11.2 Å². The lowest BCUT2D eigenvalue weighted by Gasteiger charge is -2.33. The second-order valence-electron chi connectivity index (χ2n) is 6.42. The molecule has 0 spiro atoms. The fourth-order valence-electron chi connectivity index (χ4n) is 2.95. The minimum Gasteiger partial charge on any atom is -0.298 e. The van der Waals surface area contributed by atoms with Crippen LogP contribution in [0.3, 0.4) is 0 Å². The van der Waals surface area contributed by atoms with Crippen LogP contribution in [0.5, 0.6) is 0 Å². The van der Waals surface area contributed by atoms with Crippen LogP contribution in [0.25, 0.3) is 10.2 Å². The standard InChI is InChI=1S/C14H18N2O2S/c1-14(2,3)7-4-5-8-9(6-7)19-12-10(8)11(17)15-13(18)16-12/h7H,4-6H2,1-3H3,(H2,15,16,17,18)/t7-/m1/s1. The van der Waals surface area contributed by atoms with E-state index in [1.165, 1.54) is 4.88 Å². The summed E-state index contributed by atoms with van der Waals surface area (Å²) in [6, 6.07) is 0. The highest BCUT2D eigenvalue weighted by atomic mass is 32.1. The third-order valence-corrected chi connectivity index (χ3v) is 5.34. The lowest BCUT2D eigenvalue weighted by molar-refractivity contribution is 0.218. The molecule has 0 saturated carbocycles. The number of hydrogen-bond acceptors (Lipinski definition) is 3. The largest absolute Gasteiger partial charge is 0.326 e. The molecule has 3 rings (SSSR count). The highest BCUT2D eigenvalue weighted by molar-refractivity contribution is 7.18. The molecular formula is C14H18N2O2S. The van der Waals surface area contributed by atoms with Crippen molar-refractivity contribution in [1.82, 2.24) is 9.97 Å². The predicted molar refractivity (Wildman–Crippen MR) is 78.0 cm³/mol. The van der Waals surface area contributed by atoms with Gasteiger partial charge in [-0.05, 0) is 36.2 Å². The van der Waals surface area contributed by atoms with E-state index < -0.39 is 5.69 Å². The summed E-state index contributed by atoms with van der Waals surface area (Å²) < 4.78 is 0. The van der Waals surface area contributed by atoms with Crippen molar-refractivity contribution in [1.29, 1.82) is 0 Å². The molecule has 1 aliphatic carbocycles. The Labute approximate surface area is 114 Å². The first-order chi connectivity index (χ1) is 8.86. The molecule has 5 heteroatoms. The fraction of sp³-hybridized carbons (Fsp3) is 0.571. The van der Waals surface area contributed by atoms with Gasteiger partial charge < -0.3 is 0 Å². The molecule has 0 amide bonds. The molecule has 1 atom stereocenters. The summed E-state index contributed by atoms with van der Waals surface area (Å²) in [5.41, 5.74) is 0.778. The summed E-state index contributed by atoms with van der Waals surface area (Å²) in [7, 11) is 0. The van der Waals surface area contributed by atoms with E-state index in [0.717, 1.165) is 29.7 Å². The van der Waals surface area contributed by atoms with Gasteiger partial charge >= 0.3 is 5.69 Å². The van der Waals surface area contributed by atoms with Gasteiger partial charge in [-0.3, -0.25) is 14.8 Å². The van der Waals surface area contributed by atoms with Gasteiger partial charge in [-0.1, -0.05) is 20.8 Å². The number of H-pyrrole nitrogens is 2. The Morgan fingerprint density at radius 2 is 1.95 bits per heavy atom. The van der Waals surface area contributed by atoms with E-state index in [-0.39, 0.29) is 11.0 Å². The third-order valence-electron chi connectivity index (χ3n) is 4.17. The van der Waals surface area contributed by atoms with Gasteiger partial charge in [-0.25, -0.2) is 4.79 Å². The van der Waals surface area contributed by atoms with E-state index in [0.29, 0.717) is 11.3 Å². The number of thiophene rings is 1. The zero-order valence-corrected chi connectivity index (χ0v) is 12.2. The van der Waals surface area contributed by atoms with E-state index in [1.54, 1.807) is 11.3 Å². The van der Waals surface area contributed by atoms with Crippen molar-refractivity contribution in [2.75, 3.05) is 0 Å². The minimum atomic E-state index is -0.413. The Bertz CT molecular complexity index is 745. The molecule has 0 saturated heterocycles. The Morgan fingerprint density at radius 1 is 1.21 bits per heavy atom. The van der Waals surface area contributed by atoms with Gasteiger partial charge in [0.15, 0.2) is 0 Å².